The largest absolute Gasteiger partial charge is 0.383 e. The van der Waals surface area contributed by atoms with Crippen LogP contribution in [0.4, 0.5) is 10.6 Å². The number of aryl methyl sites for hydroxylation is 1. The molecule has 3 rings (SSSR count). The SMILES string of the molecule is O=C(NCC1(O)CCCc2ccccc21)Nc1cccnn1. The molecule has 0 saturated heterocycles. The highest BCUT2D eigenvalue weighted by Gasteiger charge is 2.34. The third-order valence-electron chi connectivity index (χ3n) is 3.91. The number of nitrogens with zero attached hydrogens (tertiary/aromatic N) is 2. The molecule has 0 spiro atoms. The van der Waals surface area contributed by atoms with Crippen LogP contribution in [0, 0.1) is 0 Å². The summed E-state index contributed by atoms with van der Waals surface area (Å²) in [7, 11) is 0. The van der Waals surface area contributed by atoms with Crippen LogP contribution in [0.25, 0.3) is 0 Å². The summed E-state index contributed by atoms with van der Waals surface area (Å²) in [5.41, 5.74) is 1.03. The molecule has 1 heterocycles. The van der Waals surface area contributed by atoms with Crippen molar-refractivity contribution < 1.29 is 9.90 Å². The predicted octanol–water partition coefficient (Wildman–Crippen LogP) is 1.82. The Morgan fingerprint density at radius 2 is 2.14 bits per heavy atom. The summed E-state index contributed by atoms with van der Waals surface area (Å²) in [6.45, 7) is 0.163. The molecule has 0 saturated carbocycles. The molecular formula is C16H18N4O2. The summed E-state index contributed by atoms with van der Waals surface area (Å²) >= 11 is 0. The second-order valence-corrected chi connectivity index (χ2v) is 5.46. The molecule has 3 N–H and O–H groups in total. The van der Waals surface area contributed by atoms with Crippen molar-refractivity contribution in [1.29, 1.82) is 0 Å². The Kier molecular flexibility index (Phi) is 4.02. The van der Waals surface area contributed by atoms with Gasteiger partial charge in [0.2, 0.25) is 0 Å². The lowest BCUT2D eigenvalue weighted by molar-refractivity contribution is 0.0221. The highest BCUT2D eigenvalue weighted by Crippen LogP contribution is 2.34. The number of fused-ring (bicyclic) bond motifs is 1. The maximum Gasteiger partial charge on any atom is 0.320 e. The molecule has 6 nitrogen and oxygen atoms in total. The number of amides is 2. The highest BCUT2D eigenvalue weighted by molar-refractivity contribution is 5.88. The number of hydrogen-bond donors (Lipinski definition) is 3. The Morgan fingerprint density at radius 1 is 1.27 bits per heavy atom. The van der Waals surface area contributed by atoms with E-state index in [0.29, 0.717) is 12.2 Å². The van der Waals surface area contributed by atoms with E-state index in [1.165, 1.54) is 6.20 Å². The average Bonchev–Trinajstić information content (AvgIpc) is 2.55. The second-order valence-electron chi connectivity index (χ2n) is 5.46. The van der Waals surface area contributed by atoms with Crippen LogP contribution in [-0.4, -0.2) is 27.9 Å². The van der Waals surface area contributed by atoms with Crippen molar-refractivity contribution in [3.05, 3.63) is 53.7 Å². The van der Waals surface area contributed by atoms with E-state index in [1.807, 2.05) is 24.3 Å². The van der Waals surface area contributed by atoms with E-state index in [4.69, 9.17) is 0 Å². The Morgan fingerprint density at radius 3 is 2.95 bits per heavy atom. The van der Waals surface area contributed by atoms with Crippen LogP contribution >= 0.6 is 0 Å². The number of carbonyl (C=O) groups excluding carboxylic acids is 1. The molecule has 1 unspecified atom stereocenters. The Labute approximate surface area is 128 Å². The lowest BCUT2D eigenvalue weighted by atomic mass is 9.79. The molecule has 22 heavy (non-hydrogen) atoms. The van der Waals surface area contributed by atoms with Gasteiger partial charge in [-0.1, -0.05) is 24.3 Å². The molecule has 1 aliphatic rings. The molecule has 2 aromatic rings. The molecule has 0 radical (unpaired) electrons. The zero-order valence-corrected chi connectivity index (χ0v) is 12.1. The minimum atomic E-state index is -1.02. The van der Waals surface area contributed by atoms with Gasteiger partial charge in [0.1, 0.15) is 5.60 Å². The third kappa shape index (κ3) is 3.07. The van der Waals surface area contributed by atoms with Crippen molar-refractivity contribution in [2.75, 3.05) is 11.9 Å². The minimum absolute atomic E-state index is 0.163. The van der Waals surface area contributed by atoms with Crippen LogP contribution in [-0.2, 0) is 12.0 Å². The van der Waals surface area contributed by atoms with Gasteiger partial charge in [0.25, 0.3) is 0 Å². The highest BCUT2D eigenvalue weighted by atomic mass is 16.3. The second kappa shape index (κ2) is 6.11. The summed E-state index contributed by atoms with van der Waals surface area (Å²) < 4.78 is 0. The summed E-state index contributed by atoms with van der Waals surface area (Å²) in [6, 6.07) is 10.8. The van der Waals surface area contributed by atoms with Crippen LogP contribution in [0.2, 0.25) is 0 Å². The van der Waals surface area contributed by atoms with Gasteiger partial charge < -0.3 is 10.4 Å². The zero-order valence-electron chi connectivity index (χ0n) is 12.1. The van der Waals surface area contributed by atoms with E-state index < -0.39 is 11.6 Å². The molecule has 0 bridgehead atoms. The van der Waals surface area contributed by atoms with Gasteiger partial charge in [-0.25, -0.2) is 4.79 Å². The topological polar surface area (TPSA) is 87.1 Å². The monoisotopic (exact) mass is 298 g/mol. The third-order valence-corrected chi connectivity index (χ3v) is 3.91. The molecule has 1 aromatic carbocycles. The maximum absolute atomic E-state index is 11.9. The van der Waals surface area contributed by atoms with Gasteiger partial charge in [0, 0.05) is 6.20 Å². The number of nitrogens with one attached hydrogen (secondary N) is 2. The zero-order chi connectivity index (χ0) is 15.4. The van der Waals surface area contributed by atoms with Gasteiger partial charge in [0.15, 0.2) is 5.82 Å². The maximum atomic E-state index is 11.9. The van der Waals surface area contributed by atoms with Crippen molar-refractivity contribution in [2.24, 2.45) is 0 Å². The summed E-state index contributed by atoms with van der Waals surface area (Å²) in [4.78, 5) is 11.9. The molecule has 0 aliphatic heterocycles. The van der Waals surface area contributed by atoms with Gasteiger partial charge in [-0.2, -0.15) is 5.10 Å². The van der Waals surface area contributed by atoms with Gasteiger partial charge in [-0.15, -0.1) is 5.10 Å². The van der Waals surface area contributed by atoms with E-state index in [9.17, 15) is 9.90 Å². The summed E-state index contributed by atoms with van der Waals surface area (Å²) in [6.07, 6.45) is 4.03. The minimum Gasteiger partial charge on any atom is -0.383 e. The quantitative estimate of drug-likeness (QED) is 0.806. The fraction of sp³-hybridized carbons (Fsp3) is 0.312. The van der Waals surface area contributed by atoms with E-state index in [0.717, 1.165) is 24.0 Å². The van der Waals surface area contributed by atoms with Crippen LogP contribution < -0.4 is 10.6 Å². The summed E-state index contributed by atoms with van der Waals surface area (Å²) in [5.74, 6) is 0.371. The Hall–Kier alpha value is -2.47. The molecule has 1 aromatic heterocycles. The van der Waals surface area contributed by atoms with Crippen molar-refractivity contribution in [1.82, 2.24) is 15.5 Å². The lowest BCUT2D eigenvalue weighted by Crippen LogP contribution is -2.44. The van der Waals surface area contributed by atoms with Crippen molar-refractivity contribution in [3.8, 4) is 0 Å². The van der Waals surface area contributed by atoms with Crippen LogP contribution in [0.3, 0.4) is 0 Å². The Balaban J connectivity index is 1.65. The molecular weight excluding hydrogens is 280 g/mol. The number of hydrogen-bond acceptors (Lipinski definition) is 4. The van der Waals surface area contributed by atoms with E-state index in [-0.39, 0.29) is 6.54 Å². The number of anilines is 1. The standard InChI is InChI=1S/C16H18N4O2/c21-15(19-14-8-4-10-18-20-14)17-11-16(22)9-3-6-12-5-1-2-7-13(12)16/h1-2,4-5,7-8,10,22H,3,6,9,11H2,(H2,17,19,20,21). The first-order valence-corrected chi connectivity index (χ1v) is 7.31. The van der Waals surface area contributed by atoms with Crippen LogP contribution in [0.15, 0.2) is 42.6 Å². The van der Waals surface area contributed by atoms with Gasteiger partial charge in [-0.3, -0.25) is 5.32 Å². The predicted molar refractivity (Wildman–Crippen MR) is 82.3 cm³/mol. The first kappa shape index (κ1) is 14.5. The number of urea groups is 1. The van der Waals surface area contributed by atoms with E-state index in [1.54, 1.807) is 12.1 Å². The van der Waals surface area contributed by atoms with E-state index in [2.05, 4.69) is 20.8 Å². The first-order valence-electron chi connectivity index (χ1n) is 7.31. The number of aromatic nitrogens is 2. The van der Waals surface area contributed by atoms with Crippen molar-refractivity contribution in [2.45, 2.75) is 24.9 Å². The van der Waals surface area contributed by atoms with Crippen molar-refractivity contribution in [3.63, 3.8) is 0 Å². The first-order chi connectivity index (χ1) is 10.7. The van der Waals surface area contributed by atoms with Gasteiger partial charge in [-0.05, 0) is 42.5 Å². The smallest absolute Gasteiger partial charge is 0.320 e. The Bertz CT molecular complexity index is 662. The molecule has 6 heteroatoms. The molecule has 0 fully saturated rings. The molecule has 1 atom stereocenters. The number of aliphatic hydroxyl groups is 1. The molecule has 2 amide bonds. The summed E-state index contributed by atoms with van der Waals surface area (Å²) in [5, 5.41) is 23.6. The fourth-order valence-electron chi connectivity index (χ4n) is 2.84. The van der Waals surface area contributed by atoms with Gasteiger partial charge >= 0.3 is 6.03 Å². The van der Waals surface area contributed by atoms with Crippen LogP contribution in [0.5, 0.6) is 0 Å². The normalized spacial score (nSPS) is 20.0. The lowest BCUT2D eigenvalue weighted by Gasteiger charge is -2.34. The number of carbonyl (C=O) groups is 1. The number of benzene rings is 1. The van der Waals surface area contributed by atoms with E-state index >= 15 is 0 Å². The van der Waals surface area contributed by atoms with Crippen LogP contribution in [0.1, 0.15) is 24.0 Å². The van der Waals surface area contributed by atoms with Gasteiger partial charge in [0.05, 0.1) is 6.54 Å². The molecule has 1 aliphatic carbocycles. The fourth-order valence-corrected chi connectivity index (χ4v) is 2.84. The number of rotatable bonds is 3. The average molecular weight is 298 g/mol. The van der Waals surface area contributed by atoms with Crippen molar-refractivity contribution >= 4 is 11.8 Å². The molecule has 114 valence electrons.